The maximum Gasteiger partial charge on any atom is 0.211 e. The molecule has 0 unspecified atom stereocenters. The molecule has 0 spiro atoms. The van der Waals surface area contributed by atoms with Gasteiger partial charge in [0.05, 0.1) is 12.0 Å². The van der Waals surface area contributed by atoms with Crippen LogP contribution < -0.4 is 0 Å². The average molecular weight is 206 g/mol. The Morgan fingerprint density at radius 1 is 1.38 bits per heavy atom. The van der Waals surface area contributed by atoms with Gasteiger partial charge in [-0.2, -0.15) is 0 Å². The molecule has 6 heteroatoms. The molecule has 1 saturated heterocycles. The van der Waals surface area contributed by atoms with Gasteiger partial charge in [-0.1, -0.05) is 5.16 Å². The molecule has 0 radical (unpaired) electrons. The lowest BCUT2D eigenvalue weighted by Gasteiger charge is -2.24. The molecule has 0 atom stereocenters. The number of hydrogen-bond donors (Lipinski definition) is 0. The number of hydrogen-bond acceptors (Lipinski definition) is 4. The van der Waals surface area contributed by atoms with Crippen LogP contribution in [0.25, 0.3) is 0 Å². The number of rotatable bonds is 2. The van der Waals surface area contributed by atoms with Crippen LogP contribution in [0.15, 0.2) is 5.16 Å². The molecular weight excluding hydrogens is 192 g/mol. The maximum absolute atomic E-state index is 11.1. The second-order valence-electron chi connectivity index (χ2n) is 3.00. The van der Waals surface area contributed by atoms with Crippen molar-refractivity contribution in [2.75, 3.05) is 26.5 Å². The molecule has 0 aromatic rings. The van der Waals surface area contributed by atoms with Gasteiger partial charge in [0.25, 0.3) is 0 Å². The average Bonchev–Trinajstić information content (AvgIpc) is 2.04. The highest BCUT2D eigenvalue weighted by atomic mass is 32.2. The van der Waals surface area contributed by atoms with Crippen molar-refractivity contribution in [2.45, 2.75) is 12.8 Å². The molecule has 0 aromatic carbocycles. The third-order valence-corrected chi connectivity index (χ3v) is 3.29. The molecule has 0 amide bonds. The SMILES string of the molecule is CON=C1CCN(S(C)(=O)=O)CC1. The van der Waals surface area contributed by atoms with Crippen LogP contribution in [0.3, 0.4) is 0 Å². The fourth-order valence-corrected chi connectivity index (χ4v) is 2.14. The minimum atomic E-state index is -3.03. The lowest BCUT2D eigenvalue weighted by Crippen LogP contribution is -2.37. The fraction of sp³-hybridized carbons (Fsp3) is 0.857. The number of piperidine rings is 1. The summed E-state index contributed by atoms with van der Waals surface area (Å²) in [6.45, 7) is 1.03. The second kappa shape index (κ2) is 4.06. The molecule has 13 heavy (non-hydrogen) atoms. The zero-order valence-corrected chi connectivity index (χ0v) is 8.67. The first-order valence-corrected chi connectivity index (χ1v) is 5.93. The summed E-state index contributed by atoms with van der Waals surface area (Å²) in [4.78, 5) is 4.62. The van der Waals surface area contributed by atoms with Gasteiger partial charge in [-0.3, -0.25) is 0 Å². The van der Waals surface area contributed by atoms with E-state index in [4.69, 9.17) is 0 Å². The number of nitrogens with zero attached hydrogens (tertiary/aromatic N) is 2. The predicted octanol–water partition coefficient (Wildman–Crippen LogP) is 0.0442. The molecule has 0 aromatic heterocycles. The Labute approximate surface area is 78.4 Å². The first kappa shape index (κ1) is 10.5. The lowest BCUT2D eigenvalue weighted by atomic mass is 10.1. The highest BCUT2D eigenvalue weighted by molar-refractivity contribution is 7.88. The first-order chi connectivity index (χ1) is 6.04. The topological polar surface area (TPSA) is 59.0 Å². The molecular formula is C7H14N2O3S. The molecule has 0 N–H and O–H groups in total. The van der Waals surface area contributed by atoms with E-state index in [0.29, 0.717) is 25.9 Å². The summed E-state index contributed by atoms with van der Waals surface area (Å²) >= 11 is 0. The predicted molar refractivity (Wildman–Crippen MR) is 50.1 cm³/mol. The molecule has 0 saturated carbocycles. The van der Waals surface area contributed by atoms with Crippen LogP contribution in [0, 0.1) is 0 Å². The summed E-state index contributed by atoms with van der Waals surface area (Å²) in [5.41, 5.74) is 0.933. The van der Waals surface area contributed by atoms with Gasteiger partial charge in [-0.25, -0.2) is 12.7 Å². The van der Waals surface area contributed by atoms with Gasteiger partial charge in [0, 0.05) is 25.9 Å². The largest absolute Gasteiger partial charge is 0.399 e. The normalized spacial score (nSPS) is 20.0. The van der Waals surface area contributed by atoms with Crippen molar-refractivity contribution in [3.63, 3.8) is 0 Å². The minimum absolute atomic E-state index is 0.515. The van der Waals surface area contributed by atoms with Gasteiger partial charge in [-0.15, -0.1) is 0 Å². The van der Waals surface area contributed by atoms with Crippen molar-refractivity contribution in [1.82, 2.24) is 4.31 Å². The Bertz CT molecular complexity index is 287. The number of sulfonamides is 1. The van der Waals surface area contributed by atoms with Gasteiger partial charge in [0.1, 0.15) is 7.11 Å². The Kier molecular flexibility index (Phi) is 3.27. The lowest BCUT2D eigenvalue weighted by molar-refractivity contribution is 0.209. The summed E-state index contributed by atoms with van der Waals surface area (Å²) in [6, 6.07) is 0. The molecule has 1 heterocycles. The van der Waals surface area contributed by atoms with E-state index < -0.39 is 10.0 Å². The van der Waals surface area contributed by atoms with E-state index in [1.807, 2.05) is 0 Å². The van der Waals surface area contributed by atoms with Crippen molar-refractivity contribution >= 4 is 15.7 Å². The van der Waals surface area contributed by atoms with E-state index in [1.54, 1.807) is 0 Å². The Morgan fingerprint density at radius 3 is 2.31 bits per heavy atom. The van der Waals surface area contributed by atoms with E-state index >= 15 is 0 Å². The second-order valence-corrected chi connectivity index (χ2v) is 4.98. The molecule has 1 aliphatic rings. The van der Waals surface area contributed by atoms with Crippen LogP contribution >= 0.6 is 0 Å². The van der Waals surface area contributed by atoms with Gasteiger partial charge in [0.15, 0.2) is 0 Å². The van der Waals surface area contributed by atoms with E-state index in [2.05, 4.69) is 9.99 Å². The van der Waals surface area contributed by atoms with Crippen LogP contribution in [0.2, 0.25) is 0 Å². The third kappa shape index (κ3) is 2.96. The van der Waals surface area contributed by atoms with Crippen LogP contribution in [0.5, 0.6) is 0 Å². The smallest absolute Gasteiger partial charge is 0.211 e. The summed E-state index contributed by atoms with van der Waals surface area (Å²) in [5, 5.41) is 3.80. The van der Waals surface area contributed by atoms with Crippen molar-refractivity contribution in [2.24, 2.45) is 5.16 Å². The molecule has 0 bridgehead atoms. The Hall–Kier alpha value is -0.620. The van der Waals surface area contributed by atoms with Crippen LogP contribution in [-0.4, -0.2) is 44.9 Å². The molecule has 1 rings (SSSR count). The summed E-state index contributed by atoms with van der Waals surface area (Å²) in [7, 11) is -1.53. The molecule has 1 fully saturated rings. The van der Waals surface area contributed by atoms with E-state index in [-0.39, 0.29) is 0 Å². The van der Waals surface area contributed by atoms with E-state index in [0.717, 1.165) is 5.71 Å². The minimum Gasteiger partial charge on any atom is -0.399 e. The van der Waals surface area contributed by atoms with E-state index in [1.165, 1.54) is 17.7 Å². The quantitative estimate of drug-likeness (QED) is 0.599. The van der Waals surface area contributed by atoms with Gasteiger partial charge < -0.3 is 4.84 Å². The van der Waals surface area contributed by atoms with Crippen LogP contribution in [0.4, 0.5) is 0 Å². The standard InChI is InChI=1S/C7H14N2O3S/c1-12-8-7-3-5-9(6-4-7)13(2,10)11/h3-6H2,1-2H3. The van der Waals surface area contributed by atoms with Crippen molar-refractivity contribution in [3.05, 3.63) is 0 Å². The van der Waals surface area contributed by atoms with Gasteiger partial charge >= 0.3 is 0 Å². The van der Waals surface area contributed by atoms with Crippen LogP contribution in [0.1, 0.15) is 12.8 Å². The Balaban J connectivity index is 2.53. The third-order valence-electron chi connectivity index (χ3n) is 1.99. The zero-order chi connectivity index (χ0) is 9.90. The number of oxime groups is 1. The summed E-state index contributed by atoms with van der Waals surface area (Å²) in [5.74, 6) is 0. The fourth-order valence-electron chi connectivity index (χ4n) is 1.30. The first-order valence-electron chi connectivity index (χ1n) is 4.08. The monoisotopic (exact) mass is 206 g/mol. The van der Waals surface area contributed by atoms with Crippen LogP contribution in [-0.2, 0) is 14.9 Å². The summed E-state index contributed by atoms with van der Waals surface area (Å²) < 4.78 is 23.7. The van der Waals surface area contributed by atoms with Gasteiger partial charge in [-0.05, 0) is 0 Å². The molecule has 1 aliphatic heterocycles. The Morgan fingerprint density at radius 2 is 1.92 bits per heavy atom. The van der Waals surface area contributed by atoms with Crippen molar-refractivity contribution in [1.29, 1.82) is 0 Å². The summed E-state index contributed by atoms with van der Waals surface area (Å²) in [6.07, 6.45) is 2.56. The zero-order valence-electron chi connectivity index (χ0n) is 7.86. The van der Waals surface area contributed by atoms with Crippen molar-refractivity contribution in [3.8, 4) is 0 Å². The highest BCUT2D eigenvalue weighted by Gasteiger charge is 2.22. The van der Waals surface area contributed by atoms with Crippen molar-refractivity contribution < 1.29 is 13.3 Å². The maximum atomic E-state index is 11.1. The molecule has 5 nitrogen and oxygen atoms in total. The molecule has 76 valence electrons. The van der Waals surface area contributed by atoms with E-state index in [9.17, 15) is 8.42 Å². The highest BCUT2D eigenvalue weighted by Crippen LogP contribution is 2.10. The van der Waals surface area contributed by atoms with Gasteiger partial charge in [0.2, 0.25) is 10.0 Å². The molecule has 0 aliphatic carbocycles.